The molecule has 0 bridgehead atoms. The lowest BCUT2D eigenvalue weighted by molar-refractivity contribution is -0.540. The van der Waals surface area contributed by atoms with Gasteiger partial charge in [-0.1, -0.05) is 18.9 Å². The first-order valence-electron chi connectivity index (χ1n) is 4.09. The molecule has 0 unspecified atom stereocenters. The van der Waals surface area contributed by atoms with E-state index in [0.717, 1.165) is 12.8 Å². The van der Waals surface area contributed by atoms with Gasteiger partial charge in [0.05, 0.1) is 6.61 Å². The van der Waals surface area contributed by atoms with Crippen LogP contribution in [0.3, 0.4) is 0 Å². The molecule has 0 aliphatic rings. The molecule has 3 heteroatoms. The Morgan fingerprint density at radius 3 is 2.27 bits per heavy atom. The lowest BCUT2D eigenvalue weighted by atomic mass is 10.1. The second kappa shape index (κ2) is 5.52. The molecule has 0 aliphatic heterocycles. The Bertz CT molecular complexity index is 91.3. The molecule has 0 amide bonds. The molecule has 0 heterocycles. The first-order chi connectivity index (χ1) is 5.12. The third-order valence-electron chi connectivity index (χ3n) is 1.45. The molecule has 0 saturated carbocycles. The highest BCUT2D eigenvalue weighted by Gasteiger charge is 2.16. The van der Waals surface area contributed by atoms with Crippen LogP contribution in [-0.2, 0) is 14.8 Å². The molecule has 0 spiro atoms. The fourth-order valence-electron chi connectivity index (χ4n) is 0.292. The van der Waals surface area contributed by atoms with Crippen LogP contribution in [-0.4, -0.2) is 12.2 Å². The molecule has 0 atom stereocenters. The van der Waals surface area contributed by atoms with Crippen LogP contribution in [0.5, 0.6) is 0 Å². The third kappa shape index (κ3) is 6.28. The largest absolute Gasteiger partial charge is 0.206 e. The highest BCUT2D eigenvalue weighted by Crippen LogP contribution is 2.13. The summed E-state index contributed by atoms with van der Waals surface area (Å²) in [5.41, 5.74) is -0.256. The van der Waals surface area contributed by atoms with E-state index in [-0.39, 0.29) is 5.60 Å². The molecule has 0 fully saturated rings. The minimum absolute atomic E-state index is 0.256. The SMILES string of the molecule is CCCOOOC(C)(C)CC. The van der Waals surface area contributed by atoms with Crippen molar-refractivity contribution in [3.8, 4) is 0 Å². The Kier molecular flexibility index (Phi) is 5.46. The molecule has 68 valence electrons. The van der Waals surface area contributed by atoms with Crippen LogP contribution >= 0.6 is 0 Å². The molecule has 0 radical (unpaired) electrons. The van der Waals surface area contributed by atoms with Gasteiger partial charge in [-0.3, -0.25) is 0 Å². The summed E-state index contributed by atoms with van der Waals surface area (Å²) in [5, 5.41) is 4.53. The van der Waals surface area contributed by atoms with Crippen molar-refractivity contribution >= 4 is 0 Å². The summed E-state index contributed by atoms with van der Waals surface area (Å²) in [4.78, 5) is 9.66. The Labute approximate surface area is 68.5 Å². The van der Waals surface area contributed by atoms with Gasteiger partial charge in [0.2, 0.25) is 0 Å². The number of hydrogen-bond donors (Lipinski definition) is 0. The molecule has 0 saturated heterocycles. The maximum Gasteiger partial charge on any atom is 0.101 e. The van der Waals surface area contributed by atoms with Crippen molar-refractivity contribution in [2.24, 2.45) is 0 Å². The molecule has 3 nitrogen and oxygen atoms in total. The molecule has 11 heavy (non-hydrogen) atoms. The molecule has 0 N–H and O–H groups in total. The van der Waals surface area contributed by atoms with Gasteiger partial charge >= 0.3 is 0 Å². The molecule has 0 rings (SSSR count). The van der Waals surface area contributed by atoms with E-state index >= 15 is 0 Å². The second-order valence-corrected chi connectivity index (χ2v) is 3.09. The van der Waals surface area contributed by atoms with Crippen LogP contribution in [0.15, 0.2) is 0 Å². The topological polar surface area (TPSA) is 27.7 Å². The smallest absolute Gasteiger partial charge is 0.101 e. The van der Waals surface area contributed by atoms with Gasteiger partial charge in [0.1, 0.15) is 5.60 Å². The van der Waals surface area contributed by atoms with E-state index in [2.05, 4.69) is 5.04 Å². The maximum atomic E-state index is 4.96. The van der Waals surface area contributed by atoms with Gasteiger partial charge in [-0.05, 0) is 26.7 Å². The van der Waals surface area contributed by atoms with Crippen molar-refractivity contribution in [1.82, 2.24) is 0 Å². The van der Waals surface area contributed by atoms with E-state index in [1.807, 2.05) is 27.7 Å². The fraction of sp³-hybridized carbons (Fsp3) is 1.00. The summed E-state index contributed by atoms with van der Waals surface area (Å²) >= 11 is 0. The zero-order valence-electron chi connectivity index (χ0n) is 7.85. The molecular formula is C8H18O3. The van der Waals surface area contributed by atoms with E-state index < -0.39 is 0 Å². The van der Waals surface area contributed by atoms with Crippen molar-refractivity contribution < 1.29 is 14.8 Å². The lowest BCUT2D eigenvalue weighted by Gasteiger charge is -2.19. The summed E-state index contributed by atoms with van der Waals surface area (Å²) in [6.07, 6.45) is 1.82. The predicted octanol–water partition coefficient (Wildman–Crippen LogP) is 2.46. The average molecular weight is 162 g/mol. The van der Waals surface area contributed by atoms with E-state index in [4.69, 9.17) is 9.78 Å². The van der Waals surface area contributed by atoms with E-state index in [1.54, 1.807) is 0 Å². The number of hydrogen-bond acceptors (Lipinski definition) is 3. The van der Waals surface area contributed by atoms with Gasteiger partial charge in [0, 0.05) is 0 Å². The van der Waals surface area contributed by atoms with Crippen LogP contribution in [0.25, 0.3) is 0 Å². The maximum absolute atomic E-state index is 4.96. The van der Waals surface area contributed by atoms with E-state index in [9.17, 15) is 0 Å². The minimum atomic E-state index is -0.256. The fourth-order valence-corrected chi connectivity index (χ4v) is 0.292. The van der Waals surface area contributed by atoms with Gasteiger partial charge < -0.3 is 0 Å². The first kappa shape index (κ1) is 10.9. The summed E-state index contributed by atoms with van der Waals surface area (Å²) < 4.78 is 0. The van der Waals surface area contributed by atoms with Gasteiger partial charge in [-0.15, -0.1) is 0 Å². The zero-order chi connectivity index (χ0) is 8.74. The van der Waals surface area contributed by atoms with Crippen LogP contribution in [0.1, 0.15) is 40.5 Å². The summed E-state index contributed by atoms with van der Waals surface area (Å²) in [6.45, 7) is 8.50. The molecule has 0 aliphatic carbocycles. The third-order valence-corrected chi connectivity index (χ3v) is 1.45. The average Bonchev–Trinajstić information content (AvgIpc) is 1.99. The summed E-state index contributed by atoms with van der Waals surface area (Å²) in [6, 6.07) is 0. The second-order valence-electron chi connectivity index (χ2n) is 3.09. The predicted molar refractivity (Wildman–Crippen MR) is 42.8 cm³/mol. The van der Waals surface area contributed by atoms with Crippen molar-refractivity contribution in [3.63, 3.8) is 0 Å². The highest BCUT2D eigenvalue weighted by atomic mass is 17.5. The van der Waals surface area contributed by atoms with Crippen LogP contribution in [0.4, 0.5) is 0 Å². The van der Waals surface area contributed by atoms with E-state index in [1.165, 1.54) is 0 Å². The highest BCUT2D eigenvalue weighted by molar-refractivity contribution is 4.61. The van der Waals surface area contributed by atoms with Crippen molar-refractivity contribution in [2.45, 2.75) is 46.1 Å². The first-order valence-corrected chi connectivity index (χ1v) is 4.09. The van der Waals surface area contributed by atoms with Crippen molar-refractivity contribution in [1.29, 1.82) is 0 Å². The lowest BCUT2D eigenvalue weighted by Crippen LogP contribution is -2.23. The number of rotatable bonds is 6. The minimum Gasteiger partial charge on any atom is -0.206 e. The molecule has 0 aromatic carbocycles. The monoisotopic (exact) mass is 162 g/mol. The Hall–Kier alpha value is -0.120. The van der Waals surface area contributed by atoms with E-state index in [0.29, 0.717) is 6.61 Å². The summed E-state index contributed by atoms with van der Waals surface area (Å²) in [5.74, 6) is 0. The van der Waals surface area contributed by atoms with Gasteiger partial charge in [0.25, 0.3) is 0 Å². The van der Waals surface area contributed by atoms with Crippen molar-refractivity contribution in [3.05, 3.63) is 0 Å². The Morgan fingerprint density at radius 2 is 1.82 bits per heavy atom. The zero-order valence-corrected chi connectivity index (χ0v) is 7.85. The molecule has 0 aromatic heterocycles. The summed E-state index contributed by atoms with van der Waals surface area (Å²) in [7, 11) is 0. The van der Waals surface area contributed by atoms with Crippen LogP contribution < -0.4 is 0 Å². The standard InChI is InChI=1S/C8H18O3/c1-5-7-9-11-10-8(3,4)6-2/h5-7H2,1-4H3. The Balaban J connectivity index is 3.23. The molecular weight excluding hydrogens is 144 g/mol. The quantitative estimate of drug-likeness (QED) is 0.341. The molecule has 0 aromatic rings. The van der Waals surface area contributed by atoms with Crippen LogP contribution in [0, 0.1) is 0 Å². The van der Waals surface area contributed by atoms with Crippen molar-refractivity contribution in [2.75, 3.05) is 6.61 Å². The van der Waals surface area contributed by atoms with Gasteiger partial charge in [-0.2, -0.15) is 0 Å². The van der Waals surface area contributed by atoms with Gasteiger partial charge in [0.15, 0.2) is 0 Å². The van der Waals surface area contributed by atoms with Gasteiger partial charge in [-0.25, -0.2) is 9.78 Å². The van der Waals surface area contributed by atoms with Crippen LogP contribution in [0.2, 0.25) is 0 Å². The Morgan fingerprint density at radius 1 is 1.18 bits per heavy atom. The normalized spacial score (nSPS) is 12.0.